The van der Waals surface area contributed by atoms with Crippen molar-refractivity contribution in [1.29, 1.82) is 0 Å². The number of rotatable bonds is 7. The number of amides is 1. The summed E-state index contributed by atoms with van der Waals surface area (Å²) in [6.45, 7) is -0.0521. The average Bonchev–Trinajstić information content (AvgIpc) is 2.82. The number of nitrogens with one attached hydrogen (secondary N) is 1. The molecule has 2 aromatic carbocycles. The first-order chi connectivity index (χ1) is 16.1. The molecule has 1 N–H and O–H groups in total. The summed E-state index contributed by atoms with van der Waals surface area (Å²) >= 11 is 0. The van der Waals surface area contributed by atoms with Crippen molar-refractivity contribution in [2.24, 2.45) is 5.92 Å². The lowest BCUT2D eigenvalue weighted by Crippen LogP contribution is -2.37. The second-order valence-electron chi connectivity index (χ2n) is 7.60. The van der Waals surface area contributed by atoms with E-state index in [1.807, 2.05) is 0 Å². The van der Waals surface area contributed by atoms with Crippen LogP contribution in [-0.4, -0.2) is 43.6 Å². The Bertz CT molecular complexity index is 1050. The summed E-state index contributed by atoms with van der Waals surface area (Å²) < 4.78 is 48.8. The first-order valence-electron chi connectivity index (χ1n) is 10.3. The first-order valence-corrected chi connectivity index (χ1v) is 10.3. The molecule has 0 atom stereocenters. The summed E-state index contributed by atoms with van der Waals surface area (Å²) in [6.07, 6.45) is -4.14. The molecule has 9 nitrogen and oxygen atoms in total. The lowest BCUT2D eigenvalue weighted by atomic mass is 9.96. The van der Waals surface area contributed by atoms with Crippen molar-refractivity contribution in [3.8, 4) is 5.75 Å². The lowest BCUT2D eigenvalue weighted by molar-refractivity contribution is -0.384. The highest BCUT2D eigenvalue weighted by Gasteiger charge is 2.35. The normalized spacial score (nSPS) is 14.4. The fourth-order valence-electron chi connectivity index (χ4n) is 3.60. The zero-order chi connectivity index (χ0) is 24.9. The number of methoxy groups -OCH3 is 1. The van der Waals surface area contributed by atoms with Gasteiger partial charge in [0.2, 0.25) is 0 Å². The van der Waals surface area contributed by atoms with Gasteiger partial charge in [0.1, 0.15) is 11.4 Å². The maximum Gasteiger partial charge on any atom is 0.416 e. The second-order valence-corrected chi connectivity index (χ2v) is 7.60. The molecule has 0 aromatic heterocycles. The Balaban J connectivity index is 1.52. The highest BCUT2D eigenvalue weighted by molar-refractivity contribution is 5.93. The molecular weight excluding hydrogens is 459 g/mol. The number of nitro benzene ring substituents is 1. The molecule has 1 saturated heterocycles. The van der Waals surface area contributed by atoms with Crippen LogP contribution < -0.4 is 15.0 Å². The number of hydrogen-bond acceptors (Lipinski definition) is 7. The fraction of sp³-hybridized carbons (Fsp3) is 0.364. The number of carbonyl (C=O) groups is 2. The number of alkyl halides is 3. The number of esters is 1. The number of ether oxygens (including phenoxy) is 2. The molecule has 1 heterocycles. The third-order valence-electron chi connectivity index (χ3n) is 5.39. The van der Waals surface area contributed by atoms with Crippen LogP contribution in [0, 0.1) is 16.0 Å². The van der Waals surface area contributed by atoms with Crippen LogP contribution in [0.4, 0.5) is 30.2 Å². The Morgan fingerprint density at radius 1 is 1.15 bits per heavy atom. The average molecular weight is 481 g/mol. The highest BCUT2D eigenvalue weighted by Crippen LogP contribution is 2.37. The Labute approximate surface area is 192 Å². The number of nitrogens with zero attached hydrogens (tertiary/aromatic N) is 2. The number of carbonyl (C=O) groups excluding carboxylic acids is 2. The molecule has 182 valence electrons. The van der Waals surface area contributed by atoms with Gasteiger partial charge in [-0.1, -0.05) is 0 Å². The molecule has 0 radical (unpaired) electrons. The predicted molar refractivity (Wildman–Crippen MR) is 116 cm³/mol. The zero-order valence-electron chi connectivity index (χ0n) is 18.1. The minimum atomic E-state index is -4.69. The fourth-order valence-corrected chi connectivity index (χ4v) is 3.60. The Kier molecular flexibility index (Phi) is 7.59. The molecule has 1 fully saturated rings. The molecule has 12 heteroatoms. The van der Waals surface area contributed by atoms with Gasteiger partial charge in [-0.05, 0) is 49.2 Å². The van der Waals surface area contributed by atoms with E-state index in [2.05, 4.69) is 5.32 Å². The van der Waals surface area contributed by atoms with E-state index in [9.17, 15) is 32.9 Å². The van der Waals surface area contributed by atoms with Crippen molar-refractivity contribution >= 4 is 28.9 Å². The Morgan fingerprint density at radius 3 is 2.35 bits per heavy atom. The van der Waals surface area contributed by atoms with Crippen molar-refractivity contribution in [1.82, 2.24) is 0 Å². The third kappa shape index (κ3) is 6.15. The SMILES string of the molecule is COc1ccc(NC(=O)COC(=O)C2CCN(c3ccc(C(F)(F)F)cc3[N+](=O)[O-])CC2)cc1. The van der Waals surface area contributed by atoms with E-state index >= 15 is 0 Å². The van der Waals surface area contributed by atoms with Crippen molar-refractivity contribution in [2.45, 2.75) is 19.0 Å². The molecule has 1 amide bonds. The quantitative estimate of drug-likeness (QED) is 0.361. The van der Waals surface area contributed by atoms with Gasteiger partial charge < -0.3 is 19.7 Å². The summed E-state index contributed by atoms with van der Waals surface area (Å²) in [5.74, 6) is -1.00. The highest BCUT2D eigenvalue weighted by atomic mass is 19.4. The number of piperidine rings is 1. The van der Waals surface area contributed by atoms with Crippen LogP contribution in [0.1, 0.15) is 18.4 Å². The summed E-state index contributed by atoms with van der Waals surface area (Å²) in [7, 11) is 1.52. The van der Waals surface area contributed by atoms with Crippen LogP contribution in [0.3, 0.4) is 0 Å². The molecule has 0 aliphatic carbocycles. The molecule has 0 unspecified atom stereocenters. The number of benzene rings is 2. The van der Waals surface area contributed by atoms with Gasteiger partial charge in [-0.3, -0.25) is 19.7 Å². The van der Waals surface area contributed by atoms with Crippen LogP contribution in [0.25, 0.3) is 0 Å². The van der Waals surface area contributed by atoms with Gasteiger partial charge in [-0.2, -0.15) is 13.2 Å². The van der Waals surface area contributed by atoms with Crippen LogP contribution in [0.5, 0.6) is 5.75 Å². The van der Waals surface area contributed by atoms with Gasteiger partial charge in [0, 0.05) is 24.8 Å². The number of hydrogen-bond donors (Lipinski definition) is 1. The van der Waals surface area contributed by atoms with Crippen molar-refractivity contribution < 1.29 is 37.2 Å². The van der Waals surface area contributed by atoms with Crippen molar-refractivity contribution in [2.75, 3.05) is 37.0 Å². The number of halogens is 3. The Hall–Kier alpha value is -3.83. The van der Waals surface area contributed by atoms with Gasteiger partial charge in [-0.15, -0.1) is 0 Å². The zero-order valence-corrected chi connectivity index (χ0v) is 18.1. The largest absolute Gasteiger partial charge is 0.497 e. The summed E-state index contributed by atoms with van der Waals surface area (Å²) in [6, 6.07) is 8.97. The molecular formula is C22H22F3N3O6. The van der Waals surface area contributed by atoms with E-state index in [0.29, 0.717) is 17.5 Å². The Morgan fingerprint density at radius 2 is 1.79 bits per heavy atom. The lowest BCUT2D eigenvalue weighted by Gasteiger charge is -2.32. The monoisotopic (exact) mass is 481 g/mol. The van der Waals surface area contributed by atoms with Crippen LogP contribution in [-0.2, 0) is 20.5 Å². The minimum Gasteiger partial charge on any atom is -0.497 e. The molecule has 0 spiro atoms. The van der Waals surface area contributed by atoms with Crippen LogP contribution in [0.2, 0.25) is 0 Å². The maximum atomic E-state index is 12.9. The maximum absolute atomic E-state index is 12.9. The van der Waals surface area contributed by atoms with Crippen molar-refractivity contribution in [3.05, 3.63) is 58.1 Å². The van der Waals surface area contributed by atoms with Gasteiger partial charge in [0.25, 0.3) is 11.6 Å². The van der Waals surface area contributed by atoms with E-state index in [-0.39, 0.29) is 31.6 Å². The smallest absolute Gasteiger partial charge is 0.416 e. The first kappa shape index (κ1) is 24.8. The van der Waals surface area contributed by atoms with Gasteiger partial charge in [0.05, 0.1) is 23.5 Å². The molecule has 3 rings (SSSR count). The second kappa shape index (κ2) is 10.4. The molecule has 2 aromatic rings. The predicted octanol–water partition coefficient (Wildman–Crippen LogP) is 4.02. The topological polar surface area (TPSA) is 111 Å². The minimum absolute atomic E-state index is 0.0590. The summed E-state index contributed by atoms with van der Waals surface area (Å²) in [5, 5.41) is 13.9. The van der Waals surface area contributed by atoms with Crippen LogP contribution in [0.15, 0.2) is 42.5 Å². The van der Waals surface area contributed by atoms with E-state index in [4.69, 9.17) is 9.47 Å². The van der Waals surface area contributed by atoms with E-state index in [0.717, 1.165) is 12.1 Å². The standard InChI is InChI=1S/C22H22F3N3O6/c1-33-17-5-3-16(4-6-17)26-20(29)13-34-21(30)14-8-10-27(11-9-14)18-7-2-15(22(23,24)25)12-19(18)28(31)32/h2-7,12,14H,8-11,13H2,1H3,(H,26,29). The summed E-state index contributed by atoms with van der Waals surface area (Å²) in [4.78, 5) is 36.4. The molecule has 1 aliphatic rings. The van der Waals surface area contributed by atoms with Crippen molar-refractivity contribution in [3.63, 3.8) is 0 Å². The molecule has 0 saturated carbocycles. The van der Waals surface area contributed by atoms with Crippen LogP contribution >= 0.6 is 0 Å². The van der Waals surface area contributed by atoms with E-state index in [1.165, 1.54) is 7.11 Å². The van der Waals surface area contributed by atoms with E-state index in [1.54, 1.807) is 29.2 Å². The molecule has 1 aliphatic heterocycles. The summed E-state index contributed by atoms with van der Waals surface area (Å²) in [5.41, 5.74) is -1.18. The number of anilines is 2. The third-order valence-corrected chi connectivity index (χ3v) is 5.39. The van der Waals surface area contributed by atoms with Gasteiger partial charge in [0.15, 0.2) is 6.61 Å². The number of nitro groups is 1. The molecule has 0 bridgehead atoms. The van der Waals surface area contributed by atoms with Gasteiger partial charge >= 0.3 is 12.1 Å². The van der Waals surface area contributed by atoms with E-state index < -0.39 is 46.8 Å². The molecule has 34 heavy (non-hydrogen) atoms. The van der Waals surface area contributed by atoms with Gasteiger partial charge in [-0.25, -0.2) is 0 Å².